The summed E-state index contributed by atoms with van der Waals surface area (Å²) in [7, 11) is 0. The monoisotopic (exact) mass is 570 g/mol. The van der Waals surface area contributed by atoms with Gasteiger partial charge in [0.05, 0.1) is 31.4 Å². The summed E-state index contributed by atoms with van der Waals surface area (Å²) in [6.45, 7) is 6.95. The molecule has 0 saturated carbocycles. The smallest absolute Gasteiger partial charge is 0.295 e. The number of benzene rings is 3. The fourth-order valence-electron chi connectivity index (χ4n) is 5.22. The van der Waals surface area contributed by atoms with E-state index in [1.54, 1.807) is 29.2 Å². The molecule has 3 aromatic carbocycles. The third-order valence-corrected chi connectivity index (χ3v) is 7.64. The molecule has 2 fully saturated rings. The summed E-state index contributed by atoms with van der Waals surface area (Å²) < 4.78 is 17.2. The van der Waals surface area contributed by atoms with Gasteiger partial charge in [-0.25, -0.2) is 0 Å². The highest BCUT2D eigenvalue weighted by Crippen LogP contribution is 2.40. The maximum Gasteiger partial charge on any atom is 0.295 e. The lowest BCUT2D eigenvalue weighted by molar-refractivity contribution is -0.140. The Bertz CT molecular complexity index is 1370. The normalized spacial score (nSPS) is 18.8. The maximum atomic E-state index is 13.4. The van der Waals surface area contributed by atoms with Gasteiger partial charge in [0.1, 0.15) is 23.9 Å². The van der Waals surface area contributed by atoms with Crippen molar-refractivity contribution in [3.05, 3.63) is 101 Å². The largest absolute Gasteiger partial charge is 0.507 e. The van der Waals surface area contributed by atoms with Gasteiger partial charge < -0.3 is 24.2 Å². The second kappa shape index (κ2) is 14.2. The van der Waals surface area contributed by atoms with Crippen molar-refractivity contribution >= 4 is 17.4 Å². The van der Waals surface area contributed by atoms with Crippen LogP contribution in [0.2, 0.25) is 0 Å². The Hall–Kier alpha value is -4.14. The fourth-order valence-corrected chi connectivity index (χ4v) is 5.22. The minimum absolute atomic E-state index is 0.0829. The van der Waals surface area contributed by atoms with Crippen LogP contribution in [0.5, 0.6) is 11.5 Å². The van der Waals surface area contributed by atoms with Gasteiger partial charge in [-0.3, -0.25) is 14.5 Å². The Labute approximate surface area is 247 Å². The van der Waals surface area contributed by atoms with Crippen LogP contribution in [0.4, 0.5) is 0 Å². The zero-order valence-corrected chi connectivity index (χ0v) is 24.0. The van der Waals surface area contributed by atoms with Crippen molar-refractivity contribution in [3.8, 4) is 11.5 Å². The summed E-state index contributed by atoms with van der Waals surface area (Å²) in [4.78, 5) is 30.6. The SMILES string of the molecule is CCCCOc1ccc(C2C(=C(O)c3ccc(OCc4ccccc4)cc3)C(=O)C(=O)N2CCN2CCOCC2)cc1. The number of rotatable bonds is 12. The second-order valence-corrected chi connectivity index (χ2v) is 10.5. The van der Waals surface area contributed by atoms with Crippen LogP contribution >= 0.6 is 0 Å². The summed E-state index contributed by atoms with van der Waals surface area (Å²) in [6.07, 6.45) is 2.00. The number of amides is 1. The topological polar surface area (TPSA) is 88.5 Å². The van der Waals surface area contributed by atoms with E-state index in [1.807, 2.05) is 54.6 Å². The number of carbonyl (C=O) groups is 2. The Morgan fingerprint density at radius 1 is 0.881 bits per heavy atom. The number of morpholine rings is 1. The number of unbranched alkanes of at least 4 members (excludes halogenated alkanes) is 1. The van der Waals surface area contributed by atoms with Crippen molar-refractivity contribution in [2.75, 3.05) is 46.0 Å². The summed E-state index contributed by atoms with van der Waals surface area (Å²) in [5, 5.41) is 11.5. The van der Waals surface area contributed by atoms with Crippen LogP contribution in [-0.2, 0) is 20.9 Å². The Balaban J connectivity index is 1.41. The molecule has 0 spiro atoms. The summed E-state index contributed by atoms with van der Waals surface area (Å²) >= 11 is 0. The highest BCUT2D eigenvalue weighted by atomic mass is 16.5. The minimum Gasteiger partial charge on any atom is -0.507 e. The average molecular weight is 571 g/mol. The average Bonchev–Trinajstić information content (AvgIpc) is 3.29. The van der Waals surface area contributed by atoms with Gasteiger partial charge in [0.25, 0.3) is 11.7 Å². The van der Waals surface area contributed by atoms with Gasteiger partial charge in [-0.2, -0.15) is 0 Å². The van der Waals surface area contributed by atoms with E-state index in [0.717, 1.165) is 42.8 Å². The van der Waals surface area contributed by atoms with Crippen molar-refractivity contribution in [1.82, 2.24) is 9.80 Å². The molecule has 42 heavy (non-hydrogen) atoms. The van der Waals surface area contributed by atoms with E-state index in [-0.39, 0.29) is 11.3 Å². The first kappa shape index (κ1) is 29.4. The molecule has 8 nitrogen and oxygen atoms in total. The van der Waals surface area contributed by atoms with Crippen molar-refractivity contribution in [2.24, 2.45) is 0 Å². The Kier molecular flexibility index (Phi) is 9.90. The molecule has 1 unspecified atom stereocenters. The number of Topliss-reactive ketones (excluding diaryl/α,β-unsaturated/α-hetero) is 1. The van der Waals surface area contributed by atoms with Gasteiger partial charge in [0.2, 0.25) is 0 Å². The van der Waals surface area contributed by atoms with E-state index in [2.05, 4.69) is 11.8 Å². The molecule has 2 heterocycles. The van der Waals surface area contributed by atoms with E-state index in [0.29, 0.717) is 50.8 Å². The number of aliphatic hydroxyl groups is 1. The molecule has 0 aliphatic carbocycles. The number of hydrogen-bond donors (Lipinski definition) is 1. The van der Waals surface area contributed by atoms with Gasteiger partial charge >= 0.3 is 0 Å². The van der Waals surface area contributed by atoms with Crippen LogP contribution in [0, 0.1) is 0 Å². The maximum absolute atomic E-state index is 13.4. The van der Waals surface area contributed by atoms with Gasteiger partial charge in [0, 0.05) is 31.7 Å². The molecule has 1 N–H and O–H groups in total. The van der Waals surface area contributed by atoms with E-state index in [9.17, 15) is 14.7 Å². The molecular weight excluding hydrogens is 532 g/mol. The quantitative estimate of drug-likeness (QED) is 0.139. The lowest BCUT2D eigenvalue weighted by atomic mass is 9.95. The number of aliphatic hydroxyl groups excluding tert-OH is 1. The van der Waals surface area contributed by atoms with E-state index >= 15 is 0 Å². The third kappa shape index (κ3) is 7.01. The van der Waals surface area contributed by atoms with Gasteiger partial charge in [0.15, 0.2) is 0 Å². The predicted octanol–water partition coefficient (Wildman–Crippen LogP) is 5.20. The lowest BCUT2D eigenvalue weighted by Crippen LogP contribution is -2.42. The van der Waals surface area contributed by atoms with E-state index < -0.39 is 17.7 Å². The zero-order chi connectivity index (χ0) is 29.3. The second-order valence-electron chi connectivity index (χ2n) is 10.5. The molecule has 3 aromatic rings. The molecule has 2 saturated heterocycles. The van der Waals surface area contributed by atoms with Crippen LogP contribution in [-0.4, -0.2) is 72.6 Å². The molecule has 8 heteroatoms. The summed E-state index contributed by atoms with van der Waals surface area (Å²) in [6, 6.07) is 23.5. The van der Waals surface area contributed by atoms with Crippen molar-refractivity contribution in [1.29, 1.82) is 0 Å². The van der Waals surface area contributed by atoms with E-state index in [4.69, 9.17) is 14.2 Å². The number of ketones is 1. The zero-order valence-electron chi connectivity index (χ0n) is 24.0. The Morgan fingerprint density at radius 2 is 1.55 bits per heavy atom. The summed E-state index contributed by atoms with van der Waals surface area (Å²) in [5.74, 6) is -0.140. The summed E-state index contributed by atoms with van der Waals surface area (Å²) in [5.41, 5.74) is 2.31. The van der Waals surface area contributed by atoms with Crippen LogP contribution < -0.4 is 9.47 Å². The number of carbonyl (C=O) groups excluding carboxylic acids is 2. The van der Waals surface area contributed by atoms with Gasteiger partial charge in [-0.05, 0) is 53.9 Å². The minimum atomic E-state index is -0.718. The van der Waals surface area contributed by atoms with Gasteiger partial charge in [-0.1, -0.05) is 55.8 Å². The van der Waals surface area contributed by atoms with Crippen molar-refractivity contribution < 1.29 is 28.9 Å². The molecule has 220 valence electrons. The first-order chi connectivity index (χ1) is 20.5. The molecule has 2 aliphatic heterocycles. The molecule has 0 aromatic heterocycles. The predicted molar refractivity (Wildman–Crippen MR) is 160 cm³/mol. The van der Waals surface area contributed by atoms with Crippen LogP contribution in [0.15, 0.2) is 84.4 Å². The molecule has 1 atom stereocenters. The number of nitrogens with zero attached hydrogens (tertiary/aromatic N) is 2. The number of likely N-dealkylation sites (tertiary alicyclic amines) is 1. The first-order valence-corrected chi connectivity index (χ1v) is 14.6. The van der Waals surface area contributed by atoms with Crippen LogP contribution in [0.3, 0.4) is 0 Å². The number of hydrogen-bond acceptors (Lipinski definition) is 7. The molecular formula is C34H38N2O6. The van der Waals surface area contributed by atoms with E-state index in [1.165, 1.54) is 0 Å². The molecule has 5 rings (SSSR count). The highest BCUT2D eigenvalue weighted by Gasteiger charge is 2.46. The number of ether oxygens (including phenoxy) is 3. The lowest BCUT2D eigenvalue weighted by Gasteiger charge is -2.31. The Morgan fingerprint density at radius 3 is 2.24 bits per heavy atom. The third-order valence-electron chi connectivity index (χ3n) is 7.64. The van der Waals surface area contributed by atoms with Crippen LogP contribution in [0.1, 0.15) is 42.5 Å². The molecule has 1 amide bonds. The molecule has 0 radical (unpaired) electrons. The van der Waals surface area contributed by atoms with Crippen LogP contribution in [0.25, 0.3) is 5.76 Å². The van der Waals surface area contributed by atoms with Gasteiger partial charge in [-0.15, -0.1) is 0 Å². The standard InChI is InChI=1S/C34H38N2O6/c1-2-3-21-41-28-13-9-26(10-14-28)31-30(33(38)34(39)36(31)18-17-35-19-22-40-23-20-35)32(37)27-11-15-29(16-12-27)42-24-25-7-5-4-6-8-25/h4-16,31,37H,2-3,17-24H2,1H3. The van der Waals surface area contributed by atoms with Crippen molar-refractivity contribution in [2.45, 2.75) is 32.4 Å². The van der Waals surface area contributed by atoms with Crippen molar-refractivity contribution in [3.63, 3.8) is 0 Å². The molecule has 0 bridgehead atoms. The molecule has 2 aliphatic rings. The fraction of sp³-hybridized carbons (Fsp3) is 0.353. The highest BCUT2D eigenvalue weighted by molar-refractivity contribution is 6.46. The first-order valence-electron chi connectivity index (χ1n) is 14.6.